The van der Waals surface area contributed by atoms with Gasteiger partial charge in [-0.05, 0) is 38.5 Å². The fraction of sp³-hybridized carbons (Fsp3) is 0.917. The lowest BCUT2D eigenvalue weighted by Gasteiger charge is -2.45. The van der Waals surface area contributed by atoms with Crippen LogP contribution in [0.25, 0.3) is 0 Å². The number of likely N-dealkylation sites (tertiary alicyclic amines) is 1. The summed E-state index contributed by atoms with van der Waals surface area (Å²) >= 11 is 8.20. The smallest absolute Gasteiger partial charge is 0.241 e. The maximum absolute atomic E-state index is 13.6. The van der Waals surface area contributed by atoms with Gasteiger partial charge in [0.15, 0.2) is 0 Å². The molecule has 6 N–H and O–H groups in total. The standard InChI is InChI=1S/C24H42ClN7O3S/c1-12-6-14(15-7-20(25)29-9-18(15)35-3)16(8-28-12)22(33)31-24-30-17-10-32(11-19(17)36-24)23(34)21-13(2)26-4-5-27-21/h12-21,24,26-30H,4-11H2,1-3H3,(H,31,33). The number of carbonyl (C=O) groups excluding carboxylic acids is 2. The first-order valence-corrected chi connectivity index (χ1v) is 14.8. The second kappa shape index (κ2) is 11.6. The van der Waals surface area contributed by atoms with Crippen molar-refractivity contribution < 1.29 is 14.3 Å². The summed E-state index contributed by atoms with van der Waals surface area (Å²) in [5.41, 5.74) is -0.222. The summed E-state index contributed by atoms with van der Waals surface area (Å²) in [6, 6.07) is 0.509. The van der Waals surface area contributed by atoms with Crippen molar-refractivity contribution in [2.75, 3.05) is 46.4 Å². The van der Waals surface area contributed by atoms with E-state index in [2.05, 4.69) is 45.7 Å². The van der Waals surface area contributed by atoms with Crippen LogP contribution in [0.3, 0.4) is 0 Å². The number of piperidine rings is 2. The van der Waals surface area contributed by atoms with E-state index in [1.807, 2.05) is 4.90 Å². The predicted octanol–water partition coefficient (Wildman–Crippen LogP) is -0.944. The van der Waals surface area contributed by atoms with Crippen molar-refractivity contribution in [3.63, 3.8) is 0 Å². The molecule has 5 fully saturated rings. The van der Waals surface area contributed by atoms with Crippen LogP contribution in [0.5, 0.6) is 0 Å². The molecule has 5 rings (SSSR count). The number of piperazine rings is 1. The van der Waals surface area contributed by atoms with Crippen molar-refractivity contribution in [1.29, 1.82) is 0 Å². The van der Waals surface area contributed by atoms with Crippen LogP contribution in [0, 0.1) is 17.8 Å². The number of carbonyl (C=O) groups is 2. The largest absolute Gasteiger partial charge is 0.380 e. The molecule has 0 saturated carbocycles. The van der Waals surface area contributed by atoms with Crippen molar-refractivity contribution in [2.24, 2.45) is 17.8 Å². The Kier molecular flexibility index (Phi) is 8.68. The number of hydrogen-bond acceptors (Lipinski definition) is 9. The molecule has 11 unspecified atom stereocenters. The number of alkyl halides is 1. The van der Waals surface area contributed by atoms with Gasteiger partial charge in [-0.2, -0.15) is 0 Å². The Hall–Kier alpha value is -0.660. The van der Waals surface area contributed by atoms with E-state index >= 15 is 0 Å². The summed E-state index contributed by atoms with van der Waals surface area (Å²) in [5.74, 6) is 0.588. The number of methoxy groups -OCH3 is 1. The van der Waals surface area contributed by atoms with E-state index < -0.39 is 0 Å². The molecule has 5 saturated heterocycles. The molecule has 36 heavy (non-hydrogen) atoms. The molecule has 0 aromatic rings. The van der Waals surface area contributed by atoms with E-state index in [0.717, 1.165) is 25.9 Å². The summed E-state index contributed by atoms with van der Waals surface area (Å²) < 4.78 is 5.80. The molecule has 0 aromatic carbocycles. The number of hydrogen-bond donors (Lipinski definition) is 6. The van der Waals surface area contributed by atoms with E-state index in [1.54, 1.807) is 18.9 Å². The van der Waals surface area contributed by atoms with E-state index in [4.69, 9.17) is 16.3 Å². The zero-order valence-electron chi connectivity index (χ0n) is 21.5. The second-order valence-corrected chi connectivity index (χ2v) is 13.0. The number of thioether (sulfide) groups is 1. The average molecular weight is 544 g/mol. The van der Waals surface area contributed by atoms with Gasteiger partial charge in [0, 0.05) is 69.8 Å². The van der Waals surface area contributed by atoms with Crippen molar-refractivity contribution in [3.8, 4) is 0 Å². The fourth-order valence-corrected chi connectivity index (χ4v) is 8.47. The van der Waals surface area contributed by atoms with Crippen LogP contribution >= 0.6 is 23.4 Å². The monoisotopic (exact) mass is 543 g/mol. The Labute approximate surface area is 223 Å². The first kappa shape index (κ1) is 26.9. The molecule has 10 nitrogen and oxygen atoms in total. The van der Waals surface area contributed by atoms with Gasteiger partial charge in [-0.1, -0.05) is 0 Å². The van der Waals surface area contributed by atoms with Crippen LogP contribution in [0.15, 0.2) is 0 Å². The molecule has 0 aromatic heterocycles. The number of fused-ring (bicyclic) bond motifs is 1. The molecule has 5 aliphatic heterocycles. The number of nitrogens with zero attached hydrogens (tertiary/aromatic N) is 1. The summed E-state index contributed by atoms with van der Waals surface area (Å²) in [4.78, 5) is 28.6. The van der Waals surface area contributed by atoms with Gasteiger partial charge in [-0.15, -0.1) is 23.4 Å². The maximum Gasteiger partial charge on any atom is 0.241 e. The molecule has 11 atom stereocenters. The lowest BCUT2D eigenvalue weighted by atomic mass is 9.70. The summed E-state index contributed by atoms with van der Waals surface area (Å²) in [6.45, 7) is 8.72. The molecule has 0 spiro atoms. The van der Waals surface area contributed by atoms with Gasteiger partial charge in [-0.25, -0.2) is 0 Å². The highest BCUT2D eigenvalue weighted by atomic mass is 35.5. The Bertz CT molecular complexity index is 798. The third kappa shape index (κ3) is 5.68. The number of nitrogens with one attached hydrogen (secondary N) is 6. The van der Waals surface area contributed by atoms with Gasteiger partial charge in [0.2, 0.25) is 11.8 Å². The first-order valence-electron chi connectivity index (χ1n) is 13.4. The van der Waals surface area contributed by atoms with Gasteiger partial charge in [0.25, 0.3) is 0 Å². The molecular formula is C24H42ClN7O3S. The van der Waals surface area contributed by atoms with Crippen LogP contribution in [0.2, 0.25) is 0 Å². The third-order valence-electron chi connectivity index (χ3n) is 8.76. The van der Waals surface area contributed by atoms with E-state index in [1.165, 1.54) is 0 Å². The minimum atomic E-state index is -0.172. The van der Waals surface area contributed by atoms with E-state index in [-0.39, 0.29) is 70.0 Å². The van der Waals surface area contributed by atoms with Crippen molar-refractivity contribution in [3.05, 3.63) is 0 Å². The Balaban J connectivity index is 1.17. The lowest BCUT2D eigenvalue weighted by Crippen LogP contribution is -2.61. The van der Waals surface area contributed by atoms with Crippen LogP contribution in [0.1, 0.15) is 26.7 Å². The maximum atomic E-state index is 13.6. The minimum Gasteiger partial charge on any atom is -0.380 e. The highest BCUT2D eigenvalue weighted by Gasteiger charge is 2.47. The third-order valence-corrected chi connectivity index (χ3v) is 10.5. The molecule has 0 bridgehead atoms. The van der Waals surface area contributed by atoms with Crippen molar-refractivity contribution >= 4 is 35.2 Å². The van der Waals surface area contributed by atoms with E-state index in [0.29, 0.717) is 32.2 Å². The minimum absolute atomic E-state index is 0.0593. The van der Waals surface area contributed by atoms with E-state index in [9.17, 15) is 9.59 Å². The predicted molar refractivity (Wildman–Crippen MR) is 142 cm³/mol. The normalized spacial score (nSPS) is 45.3. The van der Waals surface area contributed by atoms with Crippen molar-refractivity contribution in [1.82, 2.24) is 36.8 Å². The molecule has 0 aliphatic carbocycles. The van der Waals surface area contributed by atoms with Crippen LogP contribution in [-0.2, 0) is 14.3 Å². The Morgan fingerprint density at radius 3 is 2.58 bits per heavy atom. The summed E-state index contributed by atoms with van der Waals surface area (Å²) in [7, 11) is 1.75. The zero-order chi connectivity index (χ0) is 25.4. The van der Waals surface area contributed by atoms with Crippen LogP contribution < -0.4 is 31.9 Å². The van der Waals surface area contributed by atoms with Crippen LogP contribution in [-0.4, -0.2) is 110 Å². The van der Waals surface area contributed by atoms with Gasteiger partial charge >= 0.3 is 0 Å². The summed E-state index contributed by atoms with van der Waals surface area (Å²) in [6.07, 6.45) is 1.79. The highest BCUT2D eigenvalue weighted by Crippen LogP contribution is 2.38. The first-order chi connectivity index (χ1) is 17.3. The Morgan fingerprint density at radius 1 is 1.03 bits per heavy atom. The van der Waals surface area contributed by atoms with Crippen molar-refractivity contribution in [2.45, 2.75) is 73.2 Å². The second-order valence-electron chi connectivity index (χ2n) is 11.1. The Morgan fingerprint density at radius 2 is 1.83 bits per heavy atom. The molecule has 5 heterocycles. The molecule has 5 aliphatic rings. The highest BCUT2D eigenvalue weighted by molar-refractivity contribution is 8.00. The number of ether oxygens (including phenoxy) is 1. The van der Waals surface area contributed by atoms with Crippen LogP contribution in [0.4, 0.5) is 0 Å². The van der Waals surface area contributed by atoms with Gasteiger partial charge in [0.05, 0.1) is 17.5 Å². The SMILES string of the molecule is COC1CNC(Cl)CC1C1CC(C)NCC1C(=O)NC1NC2CN(C(=O)C3NCCNC3C)CC2S1. The summed E-state index contributed by atoms with van der Waals surface area (Å²) in [5, 5.41) is 20.7. The fourth-order valence-electron chi connectivity index (χ4n) is 6.77. The number of rotatable bonds is 5. The molecular weight excluding hydrogens is 502 g/mol. The van der Waals surface area contributed by atoms with Gasteiger partial charge in [-0.3, -0.25) is 20.2 Å². The lowest BCUT2D eigenvalue weighted by molar-refractivity contribution is -0.134. The number of amides is 2. The number of halogens is 1. The molecule has 12 heteroatoms. The molecule has 0 radical (unpaired) electrons. The quantitative estimate of drug-likeness (QED) is 0.193. The van der Waals surface area contributed by atoms with Gasteiger partial charge < -0.3 is 30.9 Å². The van der Waals surface area contributed by atoms with Gasteiger partial charge in [0.1, 0.15) is 11.5 Å². The molecule has 2 amide bonds. The zero-order valence-corrected chi connectivity index (χ0v) is 23.0. The topological polar surface area (TPSA) is 119 Å². The molecule has 204 valence electrons. The average Bonchev–Trinajstić information content (AvgIpc) is 3.42.